The van der Waals surface area contributed by atoms with Gasteiger partial charge in [-0.05, 0) is 31.5 Å². The summed E-state index contributed by atoms with van der Waals surface area (Å²) in [5.41, 5.74) is 0.165. The summed E-state index contributed by atoms with van der Waals surface area (Å²) in [4.78, 5) is 6.54. The van der Waals surface area contributed by atoms with Gasteiger partial charge in [0, 0.05) is 25.6 Å². The molecule has 5 heteroatoms. The Morgan fingerprint density at radius 1 is 1.28 bits per heavy atom. The van der Waals surface area contributed by atoms with Gasteiger partial charge >= 0.3 is 0 Å². The summed E-state index contributed by atoms with van der Waals surface area (Å²) in [6.07, 6.45) is 0.758. The Kier molecular flexibility index (Phi) is 5.14. The lowest BCUT2D eigenvalue weighted by Gasteiger charge is -2.29. The van der Waals surface area contributed by atoms with Crippen LogP contribution in [0.5, 0.6) is 0 Å². The first kappa shape index (κ1) is 15.0. The molecule has 5 nitrogen and oxygen atoms in total. The van der Waals surface area contributed by atoms with E-state index in [4.69, 9.17) is 4.52 Å². The highest BCUT2D eigenvalue weighted by molar-refractivity contribution is 5.26. The van der Waals surface area contributed by atoms with Gasteiger partial charge in [0.25, 0.3) is 5.95 Å². The van der Waals surface area contributed by atoms with Gasteiger partial charge in [0.15, 0.2) is 0 Å². The molecule has 0 spiro atoms. The average Bonchev–Trinajstić information content (AvgIpc) is 2.74. The van der Waals surface area contributed by atoms with Crippen molar-refractivity contribution in [1.82, 2.24) is 15.5 Å². The molecular formula is C13H26N4O. The smallest absolute Gasteiger partial charge is 0.266 e. The minimum Gasteiger partial charge on any atom is -0.339 e. The normalized spacial score (nSPS) is 13.7. The zero-order valence-corrected chi connectivity index (χ0v) is 12.4. The Hall–Kier alpha value is -1.10. The molecule has 1 aromatic heterocycles. The Labute approximate surface area is 110 Å². The third kappa shape index (κ3) is 3.70. The first-order chi connectivity index (χ1) is 8.42. The molecule has 0 saturated heterocycles. The monoisotopic (exact) mass is 254 g/mol. The Bertz CT molecular complexity index is 352. The van der Waals surface area contributed by atoms with Crippen LogP contribution in [0.4, 0.5) is 5.95 Å². The first-order valence-electron chi connectivity index (χ1n) is 6.67. The molecule has 0 amide bonds. The van der Waals surface area contributed by atoms with Crippen molar-refractivity contribution in [2.24, 2.45) is 5.41 Å². The fourth-order valence-corrected chi connectivity index (χ4v) is 1.98. The molecule has 0 fully saturated rings. The van der Waals surface area contributed by atoms with E-state index in [0.717, 1.165) is 19.5 Å². The van der Waals surface area contributed by atoms with E-state index in [-0.39, 0.29) is 5.41 Å². The van der Waals surface area contributed by atoms with Crippen LogP contribution in [0.15, 0.2) is 4.52 Å². The van der Waals surface area contributed by atoms with E-state index in [9.17, 15) is 0 Å². The van der Waals surface area contributed by atoms with Crippen molar-refractivity contribution >= 4 is 5.95 Å². The number of likely N-dealkylation sites (N-methyl/N-ethyl adjacent to an activating group) is 1. The summed E-state index contributed by atoms with van der Waals surface area (Å²) in [6.45, 7) is 12.6. The minimum absolute atomic E-state index is 0.165. The molecule has 104 valence electrons. The molecular weight excluding hydrogens is 228 g/mol. The summed E-state index contributed by atoms with van der Waals surface area (Å²) in [6, 6.07) is 0.322. The molecule has 0 aliphatic carbocycles. The fourth-order valence-electron chi connectivity index (χ4n) is 1.98. The van der Waals surface area contributed by atoms with Crippen LogP contribution in [0.3, 0.4) is 0 Å². The van der Waals surface area contributed by atoms with Crippen molar-refractivity contribution in [3.63, 3.8) is 0 Å². The van der Waals surface area contributed by atoms with Crippen LogP contribution < -0.4 is 10.2 Å². The van der Waals surface area contributed by atoms with Gasteiger partial charge < -0.3 is 14.7 Å². The van der Waals surface area contributed by atoms with Gasteiger partial charge in [0.2, 0.25) is 5.89 Å². The zero-order chi connectivity index (χ0) is 13.8. The van der Waals surface area contributed by atoms with Crippen LogP contribution in [0.1, 0.15) is 40.5 Å². The van der Waals surface area contributed by atoms with Crippen molar-refractivity contribution in [3.8, 4) is 0 Å². The topological polar surface area (TPSA) is 54.2 Å². The second kappa shape index (κ2) is 6.18. The molecule has 1 aromatic rings. The standard InChI is InChI=1S/C13H26N4O/c1-7-17(8-2)12-15-11(18-16-12)9-10(14-6)13(3,4)5/h10,14H,7-9H2,1-6H3. The van der Waals surface area contributed by atoms with Crippen molar-refractivity contribution < 1.29 is 4.52 Å². The van der Waals surface area contributed by atoms with Gasteiger partial charge in [-0.25, -0.2) is 0 Å². The Morgan fingerprint density at radius 3 is 2.33 bits per heavy atom. The van der Waals surface area contributed by atoms with Crippen LogP contribution in [0.25, 0.3) is 0 Å². The second-order valence-electron chi connectivity index (χ2n) is 5.57. The zero-order valence-electron chi connectivity index (χ0n) is 12.4. The van der Waals surface area contributed by atoms with E-state index in [2.05, 4.69) is 55.0 Å². The maximum atomic E-state index is 5.33. The largest absolute Gasteiger partial charge is 0.339 e. The third-order valence-corrected chi connectivity index (χ3v) is 3.28. The van der Waals surface area contributed by atoms with E-state index < -0.39 is 0 Å². The third-order valence-electron chi connectivity index (χ3n) is 3.28. The molecule has 0 aliphatic rings. The molecule has 1 atom stereocenters. The lowest BCUT2D eigenvalue weighted by atomic mass is 9.85. The van der Waals surface area contributed by atoms with E-state index >= 15 is 0 Å². The summed E-state index contributed by atoms with van der Waals surface area (Å²) in [7, 11) is 1.97. The maximum Gasteiger partial charge on any atom is 0.266 e. The predicted octanol–water partition coefficient (Wildman–Crippen LogP) is 2.09. The quantitative estimate of drug-likeness (QED) is 0.842. The van der Waals surface area contributed by atoms with Crippen molar-refractivity contribution in [2.45, 2.75) is 47.1 Å². The van der Waals surface area contributed by atoms with Crippen molar-refractivity contribution in [3.05, 3.63) is 5.89 Å². The highest BCUT2D eigenvalue weighted by Gasteiger charge is 2.25. The van der Waals surface area contributed by atoms with Crippen LogP contribution >= 0.6 is 0 Å². The van der Waals surface area contributed by atoms with Crippen LogP contribution in [-0.2, 0) is 6.42 Å². The molecule has 0 bridgehead atoms. The first-order valence-corrected chi connectivity index (χ1v) is 6.67. The summed E-state index contributed by atoms with van der Waals surface area (Å²) in [5, 5.41) is 7.36. The van der Waals surface area contributed by atoms with Gasteiger partial charge in [-0.15, -0.1) is 0 Å². The number of nitrogens with one attached hydrogen (secondary N) is 1. The molecule has 1 N–H and O–H groups in total. The van der Waals surface area contributed by atoms with E-state index in [1.807, 2.05) is 7.05 Å². The highest BCUT2D eigenvalue weighted by Crippen LogP contribution is 2.22. The van der Waals surface area contributed by atoms with Gasteiger partial charge in [-0.1, -0.05) is 20.8 Å². The molecule has 0 aliphatic heterocycles. The van der Waals surface area contributed by atoms with Gasteiger partial charge in [-0.3, -0.25) is 0 Å². The fraction of sp³-hybridized carbons (Fsp3) is 0.846. The molecule has 18 heavy (non-hydrogen) atoms. The van der Waals surface area contributed by atoms with Crippen LogP contribution in [-0.4, -0.2) is 36.3 Å². The summed E-state index contributed by atoms with van der Waals surface area (Å²) >= 11 is 0. The number of nitrogens with zero attached hydrogens (tertiary/aromatic N) is 3. The van der Waals surface area contributed by atoms with Gasteiger partial charge in [0.05, 0.1) is 0 Å². The summed E-state index contributed by atoms with van der Waals surface area (Å²) < 4.78 is 5.33. The number of aromatic nitrogens is 2. The molecule has 0 saturated carbocycles. The van der Waals surface area contributed by atoms with Crippen LogP contribution in [0, 0.1) is 5.41 Å². The molecule has 1 heterocycles. The second-order valence-corrected chi connectivity index (χ2v) is 5.57. The molecule has 1 unspecified atom stereocenters. The van der Waals surface area contributed by atoms with Crippen molar-refractivity contribution in [2.75, 3.05) is 25.0 Å². The molecule has 0 aromatic carbocycles. The van der Waals surface area contributed by atoms with E-state index in [1.165, 1.54) is 0 Å². The maximum absolute atomic E-state index is 5.33. The lowest BCUT2D eigenvalue weighted by molar-refractivity contribution is 0.255. The minimum atomic E-state index is 0.165. The Morgan fingerprint density at radius 2 is 1.89 bits per heavy atom. The number of rotatable bonds is 6. The number of hydrogen-bond donors (Lipinski definition) is 1. The van der Waals surface area contributed by atoms with E-state index in [0.29, 0.717) is 17.9 Å². The Balaban J connectivity index is 2.74. The summed E-state index contributed by atoms with van der Waals surface area (Å²) in [5.74, 6) is 1.39. The van der Waals surface area contributed by atoms with Crippen LogP contribution in [0.2, 0.25) is 0 Å². The average molecular weight is 254 g/mol. The molecule has 1 rings (SSSR count). The van der Waals surface area contributed by atoms with Gasteiger partial charge in [-0.2, -0.15) is 4.98 Å². The SMILES string of the molecule is CCN(CC)c1noc(CC(NC)C(C)(C)C)n1. The van der Waals surface area contributed by atoms with Gasteiger partial charge in [0.1, 0.15) is 0 Å². The lowest BCUT2D eigenvalue weighted by Crippen LogP contribution is -2.39. The van der Waals surface area contributed by atoms with Crippen molar-refractivity contribution in [1.29, 1.82) is 0 Å². The predicted molar refractivity (Wildman–Crippen MR) is 73.9 cm³/mol. The number of anilines is 1. The number of hydrogen-bond acceptors (Lipinski definition) is 5. The highest BCUT2D eigenvalue weighted by atomic mass is 16.5. The molecule has 0 radical (unpaired) electrons. The van der Waals surface area contributed by atoms with E-state index in [1.54, 1.807) is 0 Å².